The molecule has 0 fully saturated rings. The molecule has 0 aromatic carbocycles. The smallest absolute Gasteiger partial charge is 0.417 e. The Bertz CT molecular complexity index is 97.1. The normalized spacial score (nSPS) is 6.89. The van der Waals surface area contributed by atoms with E-state index in [2.05, 4.69) is 9.47 Å². The van der Waals surface area contributed by atoms with Crippen molar-refractivity contribution in [2.75, 3.05) is 14.2 Å². The van der Waals surface area contributed by atoms with Crippen LogP contribution in [0.25, 0.3) is 0 Å². The monoisotopic (exact) mass is 154 g/mol. The van der Waals surface area contributed by atoms with Crippen LogP contribution in [0.5, 0.6) is 0 Å². The Balaban J connectivity index is 0. The minimum absolute atomic E-state index is 0. The van der Waals surface area contributed by atoms with Crippen molar-refractivity contribution >= 4 is 24.3 Å². The number of esters is 2. The molecule has 0 aliphatic rings. The summed E-state index contributed by atoms with van der Waals surface area (Å²) in [4.78, 5) is 20.1. The molecule has 4 nitrogen and oxygen atoms in total. The lowest BCUT2D eigenvalue weighted by Crippen LogP contribution is -2.16. The van der Waals surface area contributed by atoms with Crippen LogP contribution >= 0.6 is 12.4 Å². The third kappa shape index (κ3) is 3.78. The predicted octanol–water partition coefficient (Wildman–Crippen LogP) is -0.246. The molecule has 0 N–H and O–H groups in total. The fourth-order valence-corrected chi connectivity index (χ4v) is 0.167. The van der Waals surface area contributed by atoms with E-state index in [1.165, 1.54) is 0 Å². The molecule has 0 aromatic rings. The summed E-state index contributed by atoms with van der Waals surface area (Å²) in [5, 5.41) is 0. The maximum absolute atomic E-state index is 10.0. The Labute approximate surface area is 58.5 Å². The Morgan fingerprint density at radius 1 is 1.00 bits per heavy atom. The first kappa shape index (κ1) is 11.1. The van der Waals surface area contributed by atoms with Crippen LogP contribution in [-0.4, -0.2) is 26.2 Å². The molecular weight excluding hydrogens is 147 g/mol. The van der Waals surface area contributed by atoms with Crippen LogP contribution < -0.4 is 0 Å². The van der Waals surface area contributed by atoms with Crippen molar-refractivity contribution in [3.05, 3.63) is 0 Å². The average molecular weight is 155 g/mol. The number of halogens is 1. The molecule has 0 heterocycles. The molecule has 0 aliphatic carbocycles. The van der Waals surface area contributed by atoms with E-state index >= 15 is 0 Å². The van der Waals surface area contributed by atoms with E-state index in [0.717, 1.165) is 14.2 Å². The molecule has 0 unspecified atom stereocenters. The number of carbonyl (C=O) groups excluding carboxylic acids is 2. The molecule has 0 atom stereocenters. The molecule has 0 saturated carbocycles. The SMILES string of the molecule is COC(=O)C(=O)OC.Cl. The lowest BCUT2D eigenvalue weighted by atomic mass is 10.7. The van der Waals surface area contributed by atoms with E-state index in [-0.39, 0.29) is 12.4 Å². The number of ether oxygens (including phenoxy) is 2. The molecule has 0 amide bonds. The summed E-state index contributed by atoms with van der Waals surface area (Å²) >= 11 is 0. The van der Waals surface area contributed by atoms with Gasteiger partial charge in [0.05, 0.1) is 14.2 Å². The molecule has 0 bridgehead atoms. The molecule has 0 rings (SSSR count). The van der Waals surface area contributed by atoms with E-state index in [1.807, 2.05) is 0 Å². The van der Waals surface area contributed by atoms with E-state index in [1.54, 1.807) is 0 Å². The summed E-state index contributed by atoms with van der Waals surface area (Å²) in [6.45, 7) is 0. The van der Waals surface area contributed by atoms with Crippen LogP contribution in [0, 0.1) is 0 Å². The standard InChI is InChI=1S/C4H6O4.ClH/c1-7-3(5)4(6)8-2;/h1-2H3;1H. The Morgan fingerprint density at radius 2 is 1.22 bits per heavy atom. The van der Waals surface area contributed by atoms with E-state index in [0.29, 0.717) is 0 Å². The van der Waals surface area contributed by atoms with Crippen LogP contribution in [0.4, 0.5) is 0 Å². The average Bonchev–Trinajstić information content (AvgIpc) is 1.84. The largest absolute Gasteiger partial charge is 0.461 e. The quantitative estimate of drug-likeness (QED) is 0.357. The lowest BCUT2D eigenvalue weighted by molar-refractivity contribution is -0.164. The third-order valence-corrected chi connectivity index (χ3v) is 0.537. The molecule has 9 heavy (non-hydrogen) atoms. The van der Waals surface area contributed by atoms with Crippen LogP contribution in [0.15, 0.2) is 0 Å². The van der Waals surface area contributed by atoms with E-state index in [9.17, 15) is 9.59 Å². The molecule has 0 aliphatic heterocycles. The van der Waals surface area contributed by atoms with Gasteiger partial charge in [-0.1, -0.05) is 0 Å². The maximum Gasteiger partial charge on any atom is 0.417 e. The van der Waals surface area contributed by atoms with E-state index in [4.69, 9.17) is 0 Å². The van der Waals surface area contributed by atoms with Gasteiger partial charge < -0.3 is 9.47 Å². The summed E-state index contributed by atoms with van der Waals surface area (Å²) in [7, 11) is 2.22. The predicted molar refractivity (Wildman–Crippen MR) is 31.3 cm³/mol. The van der Waals surface area contributed by atoms with Crippen molar-refractivity contribution in [3.8, 4) is 0 Å². The van der Waals surface area contributed by atoms with Crippen LogP contribution in [0.2, 0.25) is 0 Å². The van der Waals surface area contributed by atoms with Gasteiger partial charge in [-0.2, -0.15) is 0 Å². The zero-order chi connectivity index (χ0) is 6.57. The van der Waals surface area contributed by atoms with Crippen LogP contribution in [-0.2, 0) is 19.1 Å². The highest BCUT2D eigenvalue weighted by atomic mass is 35.5. The zero-order valence-corrected chi connectivity index (χ0v) is 5.86. The van der Waals surface area contributed by atoms with Gasteiger partial charge in [0, 0.05) is 0 Å². The first-order chi connectivity index (χ1) is 3.72. The summed E-state index contributed by atoms with van der Waals surface area (Å²) in [6, 6.07) is 0. The summed E-state index contributed by atoms with van der Waals surface area (Å²) in [6.07, 6.45) is 0. The second kappa shape index (κ2) is 5.37. The Morgan fingerprint density at radius 3 is 1.33 bits per heavy atom. The number of carbonyl (C=O) groups is 2. The van der Waals surface area contributed by atoms with Crippen molar-refractivity contribution in [2.24, 2.45) is 0 Å². The Kier molecular flexibility index (Phi) is 6.61. The highest BCUT2D eigenvalue weighted by molar-refractivity contribution is 6.29. The Hall–Kier alpha value is -0.770. The molecular formula is C4H7ClO4. The van der Waals surface area contributed by atoms with Gasteiger partial charge in [0.1, 0.15) is 0 Å². The van der Waals surface area contributed by atoms with Crippen molar-refractivity contribution in [1.82, 2.24) is 0 Å². The van der Waals surface area contributed by atoms with Gasteiger partial charge in [-0.25, -0.2) is 9.59 Å². The van der Waals surface area contributed by atoms with Gasteiger partial charge in [0.15, 0.2) is 0 Å². The number of methoxy groups -OCH3 is 2. The van der Waals surface area contributed by atoms with Gasteiger partial charge in [0.2, 0.25) is 0 Å². The van der Waals surface area contributed by atoms with Gasteiger partial charge in [-0.15, -0.1) is 12.4 Å². The van der Waals surface area contributed by atoms with Crippen molar-refractivity contribution < 1.29 is 19.1 Å². The molecule has 5 heteroatoms. The summed E-state index contributed by atoms with van der Waals surface area (Å²) in [5.41, 5.74) is 0. The molecule has 54 valence electrons. The number of rotatable bonds is 0. The second-order valence-electron chi connectivity index (χ2n) is 0.983. The van der Waals surface area contributed by atoms with Gasteiger partial charge in [0.25, 0.3) is 0 Å². The number of hydrogen-bond acceptors (Lipinski definition) is 4. The highest BCUT2D eigenvalue weighted by Crippen LogP contribution is 1.75. The van der Waals surface area contributed by atoms with Gasteiger partial charge in [-0.05, 0) is 0 Å². The van der Waals surface area contributed by atoms with Crippen molar-refractivity contribution in [1.29, 1.82) is 0 Å². The third-order valence-electron chi connectivity index (χ3n) is 0.537. The minimum Gasteiger partial charge on any atom is -0.461 e. The first-order valence-electron chi connectivity index (χ1n) is 1.88. The molecule has 0 radical (unpaired) electrons. The van der Waals surface area contributed by atoms with E-state index < -0.39 is 11.9 Å². The minimum atomic E-state index is -0.979. The fraction of sp³-hybridized carbons (Fsp3) is 0.500. The lowest BCUT2D eigenvalue weighted by Gasteiger charge is -1.92. The topological polar surface area (TPSA) is 52.6 Å². The summed E-state index contributed by atoms with van der Waals surface area (Å²) in [5.74, 6) is -1.96. The fourth-order valence-electron chi connectivity index (χ4n) is 0.167. The van der Waals surface area contributed by atoms with Crippen LogP contribution in [0.1, 0.15) is 0 Å². The second-order valence-corrected chi connectivity index (χ2v) is 0.983. The maximum atomic E-state index is 10.0. The summed E-state index contributed by atoms with van der Waals surface area (Å²) < 4.78 is 7.98. The van der Waals surface area contributed by atoms with Gasteiger partial charge >= 0.3 is 11.9 Å². The molecule has 0 saturated heterocycles. The van der Waals surface area contributed by atoms with Crippen molar-refractivity contribution in [3.63, 3.8) is 0 Å². The zero-order valence-electron chi connectivity index (χ0n) is 5.04. The first-order valence-corrected chi connectivity index (χ1v) is 1.88. The number of hydrogen-bond donors (Lipinski definition) is 0. The molecule has 0 spiro atoms. The highest BCUT2D eigenvalue weighted by Gasteiger charge is 2.11. The molecule has 0 aromatic heterocycles. The van der Waals surface area contributed by atoms with Crippen LogP contribution in [0.3, 0.4) is 0 Å². The van der Waals surface area contributed by atoms with Crippen molar-refractivity contribution in [2.45, 2.75) is 0 Å². The van der Waals surface area contributed by atoms with Gasteiger partial charge in [-0.3, -0.25) is 0 Å².